The predicted molar refractivity (Wildman–Crippen MR) is 99.9 cm³/mol. The number of nitro groups is 1. The van der Waals surface area contributed by atoms with Crippen LogP contribution in [0.2, 0.25) is 0 Å². The van der Waals surface area contributed by atoms with E-state index in [4.69, 9.17) is 5.73 Å². The van der Waals surface area contributed by atoms with Crippen molar-refractivity contribution in [3.63, 3.8) is 0 Å². The van der Waals surface area contributed by atoms with E-state index in [9.17, 15) is 10.1 Å². The molecule has 140 valence electrons. The first-order valence-corrected chi connectivity index (χ1v) is 8.73. The van der Waals surface area contributed by atoms with Gasteiger partial charge in [0, 0.05) is 19.6 Å². The third-order valence-electron chi connectivity index (χ3n) is 4.31. The molecule has 0 radical (unpaired) electrons. The van der Waals surface area contributed by atoms with E-state index in [1.54, 1.807) is 0 Å². The van der Waals surface area contributed by atoms with Crippen LogP contribution < -0.4 is 16.0 Å². The fourth-order valence-electron chi connectivity index (χ4n) is 3.37. The summed E-state index contributed by atoms with van der Waals surface area (Å²) in [6.45, 7) is 7.40. The average molecular weight is 351 g/mol. The van der Waals surface area contributed by atoms with Crippen molar-refractivity contribution in [3.05, 3.63) is 10.1 Å². The van der Waals surface area contributed by atoms with Crippen LogP contribution in [0.1, 0.15) is 26.7 Å². The second kappa shape index (κ2) is 8.28. The summed E-state index contributed by atoms with van der Waals surface area (Å²) < 4.78 is 0. The van der Waals surface area contributed by atoms with Crippen LogP contribution in [0, 0.1) is 22.0 Å². The molecule has 3 N–H and O–H groups in total. The summed E-state index contributed by atoms with van der Waals surface area (Å²) in [4.78, 5) is 23.6. The normalized spacial score (nSPS) is 20.8. The lowest BCUT2D eigenvalue weighted by atomic mass is 9.92. The Hall–Kier alpha value is -2.16. The van der Waals surface area contributed by atoms with Crippen LogP contribution in [0.5, 0.6) is 0 Å². The Bertz CT molecular complexity index is 598. The molecule has 2 atom stereocenters. The average Bonchev–Trinajstić information content (AvgIpc) is 2.49. The van der Waals surface area contributed by atoms with Crippen LogP contribution in [-0.4, -0.2) is 60.1 Å². The van der Waals surface area contributed by atoms with Crippen LogP contribution in [0.15, 0.2) is 0 Å². The molecule has 2 rings (SSSR count). The zero-order valence-corrected chi connectivity index (χ0v) is 15.5. The van der Waals surface area contributed by atoms with Crippen molar-refractivity contribution in [1.82, 2.24) is 14.9 Å². The maximum atomic E-state index is 11.5. The number of hydrogen-bond donors (Lipinski definition) is 2. The van der Waals surface area contributed by atoms with E-state index in [2.05, 4.69) is 34.0 Å². The first-order chi connectivity index (χ1) is 11.8. The molecule has 1 aromatic heterocycles. The molecule has 0 aromatic carbocycles. The van der Waals surface area contributed by atoms with Gasteiger partial charge in [0.05, 0.1) is 4.92 Å². The van der Waals surface area contributed by atoms with Crippen molar-refractivity contribution in [1.29, 1.82) is 0 Å². The lowest BCUT2D eigenvalue weighted by Gasteiger charge is -2.35. The number of nitrogens with one attached hydrogen (secondary N) is 1. The molecule has 9 nitrogen and oxygen atoms in total. The number of nitrogens with two attached hydrogens (primary N) is 1. The highest BCUT2D eigenvalue weighted by molar-refractivity contribution is 5.71. The Kier molecular flexibility index (Phi) is 6.35. The molecule has 25 heavy (non-hydrogen) atoms. The number of rotatable bonds is 7. The largest absolute Gasteiger partial charge is 0.378 e. The van der Waals surface area contributed by atoms with E-state index in [0.717, 1.165) is 32.5 Å². The number of anilines is 3. The van der Waals surface area contributed by atoms with E-state index < -0.39 is 4.92 Å². The van der Waals surface area contributed by atoms with Crippen molar-refractivity contribution in [2.75, 3.05) is 56.2 Å². The second-order valence-electron chi connectivity index (χ2n) is 7.30. The van der Waals surface area contributed by atoms with Gasteiger partial charge in [-0.1, -0.05) is 13.8 Å². The molecule has 1 fully saturated rings. The van der Waals surface area contributed by atoms with Crippen molar-refractivity contribution < 1.29 is 4.92 Å². The topological polar surface area (TPSA) is 113 Å². The van der Waals surface area contributed by atoms with Gasteiger partial charge >= 0.3 is 5.69 Å². The van der Waals surface area contributed by atoms with Gasteiger partial charge in [-0.05, 0) is 45.3 Å². The van der Waals surface area contributed by atoms with Crippen LogP contribution in [-0.2, 0) is 0 Å². The van der Waals surface area contributed by atoms with Crippen molar-refractivity contribution in [3.8, 4) is 0 Å². The number of nitrogens with zero attached hydrogens (tertiary/aromatic N) is 5. The summed E-state index contributed by atoms with van der Waals surface area (Å²) in [7, 11) is 4.02. The lowest BCUT2D eigenvalue weighted by molar-refractivity contribution is -0.383. The van der Waals surface area contributed by atoms with Crippen molar-refractivity contribution >= 4 is 23.3 Å². The third kappa shape index (κ3) is 5.15. The van der Waals surface area contributed by atoms with Gasteiger partial charge in [-0.3, -0.25) is 10.1 Å². The smallest absolute Gasteiger partial charge is 0.353 e. The number of piperidine rings is 1. The summed E-state index contributed by atoms with van der Waals surface area (Å²) in [5, 5.41) is 14.6. The molecule has 0 bridgehead atoms. The quantitative estimate of drug-likeness (QED) is 0.434. The molecule has 9 heteroatoms. The van der Waals surface area contributed by atoms with Gasteiger partial charge in [-0.2, -0.15) is 9.97 Å². The maximum Gasteiger partial charge on any atom is 0.353 e. The van der Waals surface area contributed by atoms with Gasteiger partial charge in [-0.15, -0.1) is 0 Å². The number of hydrogen-bond acceptors (Lipinski definition) is 8. The highest BCUT2D eigenvalue weighted by atomic mass is 16.6. The number of aromatic nitrogens is 2. The molecule has 0 aliphatic carbocycles. The molecular formula is C16H29N7O2. The minimum Gasteiger partial charge on any atom is -0.378 e. The minimum absolute atomic E-state index is 0.0870. The summed E-state index contributed by atoms with van der Waals surface area (Å²) in [5.74, 6) is 1.50. The minimum atomic E-state index is -0.482. The molecular weight excluding hydrogens is 322 g/mol. The number of nitrogen functional groups attached to an aromatic ring is 1. The van der Waals surface area contributed by atoms with E-state index in [0.29, 0.717) is 30.1 Å². The van der Waals surface area contributed by atoms with E-state index in [1.165, 1.54) is 0 Å². The Labute approximate surface area is 148 Å². The fourth-order valence-corrected chi connectivity index (χ4v) is 3.37. The van der Waals surface area contributed by atoms with Gasteiger partial charge in [0.1, 0.15) is 0 Å². The molecule has 0 saturated carbocycles. The van der Waals surface area contributed by atoms with Crippen LogP contribution >= 0.6 is 0 Å². The zero-order chi connectivity index (χ0) is 18.6. The van der Waals surface area contributed by atoms with Gasteiger partial charge in [0.25, 0.3) is 0 Å². The fraction of sp³-hybridized carbons (Fsp3) is 0.750. The van der Waals surface area contributed by atoms with E-state index in [-0.39, 0.29) is 11.5 Å². The highest BCUT2D eigenvalue weighted by Crippen LogP contribution is 2.35. The standard InChI is InChI=1S/C16H29N7O2/c1-11-8-12(2)10-22(9-11)15-13(23(24)25)14(17)19-16(20-15)18-6-5-7-21(3)4/h11-12H,5-10H2,1-4H3,(H3,17,18,19,20)/t11-,12-/m0/s1. The monoisotopic (exact) mass is 351 g/mol. The Morgan fingerprint density at radius 2 is 1.96 bits per heavy atom. The first-order valence-electron chi connectivity index (χ1n) is 8.73. The second-order valence-corrected chi connectivity index (χ2v) is 7.30. The predicted octanol–water partition coefficient (Wildman–Crippen LogP) is 1.81. The molecule has 1 aliphatic rings. The summed E-state index contributed by atoms with van der Waals surface area (Å²) in [5.41, 5.74) is 5.69. The van der Waals surface area contributed by atoms with Gasteiger partial charge in [0.2, 0.25) is 17.6 Å². The van der Waals surface area contributed by atoms with Crippen LogP contribution in [0.3, 0.4) is 0 Å². The van der Waals surface area contributed by atoms with Gasteiger partial charge in [-0.25, -0.2) is 0 Å². The molecule has 0 spiro atoms. The van der Waals surface area contributed by atoms with Crippen LogP contribution in [0.4, 0.5) is 23.3 Å². The van der Waals surface area contributed by atoms with Gasteiger partial charge in [0.15, 0.2) is 0 Å². The van der Waals surface area contributed by atoms with Gasteiger partial charge < -0.3 is 20.9 Å². The summed E-state index contributed by atoms with van der Waals surface area (Å²) >= 11 is 0. The SMILES string of the molecule is C[C@H]1C[C@H](C)CN(c2nc(NCCCN(C)C)nc(N)c2[N+](=O)[O-])C1. The maximum absolute atomic E-state index is 11.5. The van der Waals surface area contributed by atoms with Crippen molar-refractivity contribution in [2.45, 2.75) is 26.7 Å². The third-order valence-corrected chi connectivity index (χ3v) is 4.31. The Morgan fingerprint density at radius 3 is 2.52 bits per heavy atom. The molecule has 1 saturated heterocycles. The van der Waals surface area contributed by atoms with E-state index >= 15 is 0 Å². The first kappa shape index (κ1) is 19.2. The molecule has 1 aromatic rings. The molecule has 1 aliphatic heterocycles. The van der Waals surface area contributed by atoms with E-state index in [1.807, 2.05) is 19.0 Å². The molecule has 2 heterocycles. The summed E-state index contributed by atoms with van der Waals surface area (Å²) in [6, 6.07) is 0. The zero-order valence-electron chi connectivity index (χ0n) is 15.5. The Balaban J connectivity index is 2.24. The Morgan fingerprint density at radius 1 is 1.32 bits per heavy atom. The lowest BCUT2D eigenvalue weighted by Crippen LogP contribution is -2.39. The van der Waals surface area contributed by atoms with Crippen molar-refractivity contribution in [2.24, 2.45) is 11.8 Å². The highest BCUT2D eigenvalue weighted by Gasteiger charge is 2.31. The summed E-state index contributed by atoms with van der Waals surface area (Å²) in [6.07, 6.45) is 2.03. The van der Waals surface area contributed by atoms with Crippen LogP contribution in [0.25, 0.3) is 0 Å². The molecule has 0 unspecified atom stereocenters. The molecule has 0 amide bonds.